The molecule has 1 amide bonds. The molecule has 0 heterocycles. The molecule has 0 spiro atoms. The van der Waals surface area contributed by atoms with Crippen LogP contribution >= 0.6 is 0 Å². The van der Waals surface area contributed by atoms with Crippen LogP contribution in [0.3, 0.4) is 0 Å². The Balaban J connectivity index is 1.52. The standard InChI is InChI=1S/C25H43NO3/c1-18-12-13-19(8-6-11-23(27)26-17-24(28)29)7-5-10-22-21(18)15-14-20-9-3-4-16-25(20,22)2/h18-22H,3-17H2,1-2H3,(H,26,27)(H,28,29). The van der Waals surface area contributed by atoms with Crippen molar-refractivity contribution in [1.29, 1.82) is 0 Å². The van der Waals surface area contributed by atoms with Gasteiger partial charge in [0.2, 0.25) is 5.91 Å². The molecule has 166 valence electrons. The monoisotopic (exact) mass is 405 g/mol. The summed E-state index contributed by atoms with van der Waals surface area (Å²) >= 11 is 0. The first kappa shape index (κ1) is 22.6. The summed E-state index contributed by atoms with van der Waals surface area (Å²) in [5.74, 6) is 3.31. The van der Waals surface area contributed by atoms with Crippen molar-refractivity contribution in [2.24, 2.45) is 35.0 Å². The average molecular weight is 406 g/mol. The molecular weight excluding hydrogens is 362 g/mol. The molecule has 6 unspecified atom stereocenters. The second kappa shape index (κ2) is 10.3. The van der Waals surface area contributed by atoms with Gasteiger partial charge in [-0.05, 0) is 80.0 Å². The Hall–Kier alpha value is -1.06. The maximum atomic E-state index is 11.8. The molecule has 4 heteroatoms. The Labute approximate surface area is 177 Å². The number of aliphatic carboxylic acids is 1. The van der Waals surface area contributed by atoms with Gasteiger partial charge in [0, 0.05) is 6.42 Å². The van der Waals surface area contributed by atoms with Crippen molar-refractivity contribution in [3.05, 3.63) is 0 Å². The summed E-state index contributed by atoms with van der Waals surface area (Å²) in [4.78, 5) is 22.3. The van der Waals surface area contributed by atoms with E-state index in [1.54, 1.807) is 0 Å². The van der Waals surface area contributed by atoms with E-state index in [0.29, 0.717) is 11.8 Å². The number of carbonyl (C=O) groups excluding carboxylic acids is 1. The number of hydrogen-bond acceptors (Lipinski definition) is 2. The molecule has 0 radical (unpaired) electrons. The molecule has 29 heavy (non-hydrogen) atoms. The predicted molar refractivity (Wildman–Crippen MR) is 117 cm³/mol. The van der Waals surface area contributed by atoms with Gasteiger partial charge in [0.1, 0.15) is 6.54 Å². The van der Waals surface area contributed by atoms with Crippen molar-refractivity contribution in [2.75, 3.05) is 6.54 Å². The number of amides is 1. The van der Waals surface area contributed by atoms with E-state index in [9.17, 15) is 9.59 Å². The third-order valence-corrected chi connectivity index (χ3v) is 9.00. The fraction of sp³-hybridized carbons (Fsp3) is 0.920. The second-order valence-corrected chi connectivity index (χ2v) is 10.7. The van der Waals surface area contributed by atoms with Crippen LogP contribution in [0.5, 0.6) is 0 Å². The van der Waals surface area contributed by atoms with Crippen molar-refractivity contribution < 1.29 is 14.7 Å². The maximum absolute atomic E-state index is 11.8. The number of fused-ring (bicyclic) bond motifs is 3. The van der Waals surface area contributed by atoms with E-state index in [4.69, 9.17) is 5.11 Å². The molecule has 6 atom stereocenters. The zero-order valence-corrected chi connectivity index (χ0v) is 18.8. The van der Waals surface area contributed by atoms with Crippen LogP contribution < -0.4 is 5.32 Å². The molecule has 3 saturated carbocycles. The van der Waals surface area contributed by atoms with Crippen LogP contribution in [0.15, 0.2) is 0 Å². The third-order valence-electron chi connectivity index (χ3n) is 9.00. The summed E-state index contributed by atoms with van der Waals surface area (Å²) < 4.78 is 0. The zero-order valence-electron chi connectivity index (χ0n) is 18.8. The van der Waals surface area contributed by atoms with Crippen LogP contribution in [0.2, 0.25) is 0 Å². The lowest BCUT2D eigenvalue weighted by Gasteiger charge is -2.55. The number of nitrogens with one attached hydrogen (secondary N) is 1. The molecule has 3 aliphatic carbocycles. The Morgan fingerprint density at radius 3 is 2.62 bits per heavy atom. The number of rotatable bonds is 6. The highest BCUT2D eigenvalue weighted by Gasteiger charge is 2.49. The molecule has 0 aliphatic heterocycles. The minimum atomic E-state index is -0.973. The van der Waals surface area contributed by atoms with Crippen LogP contribution in [0.25, 0.3) is 0 Å². The third kappa shape index (κ3) is 5.76. The summed E-state index contributed by atoms with van der Waals surface area (Å²) in [6.45, 7) is 4.90. The highest BCUT2D eigenvalue weighted by Crippen LogP contribution is 2.58. The summed E-state index contributed by atoms with van der Waals surface area (Å²) in [6, 6.07) is 0. The first-order valence-corrected chi connectivity index (χ1v) is 12.4. The van der Waals surface area contributed by atoms with Gasteiger partial charge < -0.3 is 10.4 Å². The number of hydrogen-bond donors (Lipinski definition) is 2. The van der Waals surface area contributed by atoms with Crippen LogP contribution in [-0.2, 0) is 9.59 Å². The predicted octanol–water partition coefficient (Wildman–Crippen LogP) is 5.80. The Kier molecular flexibility index (Phi) is 8.04. The summed E-state index contributed by atoms with van der Waals surface area (Å²) in [7, 11) is 0. The molecule has 0 bridgehead atoms. The summed E-state index contributed by atoms with van der Waals surface area (Å²) in [5, 5.41) is 11.1. The molecule has 4 nitrogen and oxygen atoms in total. The van der Waals surface area contributed by atoms with Crippen LogP contribution in [0.4, 0.5) is 0 Å². The lowest BCUT2D eigenvalue weighted by Crippen LogP contribution is -2.46. The Bertz CT molecular complexity index is 562. The van der Waals surface area contributed by atoms with Gasteiger partial charge in [-0.3, -0.25) is 9.59 Å². The van der Waals surface area contributed by atoms with Gasteiger partial charge in [-0.1, -0.05) is 52.4 Å². The van der Waals surface area contributed by atoms with Gasteiger partial charge in [0.25, 0.3) is 0 Å². The van der Waals surface area contributed by atoms with E-state index in [1.165, 1.54) is 70.6 Å². The quantitative estimate of drug-likeness (QED) is 0.587. The maximum Gasteiger partial charge on any atom is 0.322 e. The van der Waals surface area contributed by atoms with Crippen LogP contribution in [0.1, 0.15) is 104 Å². The first-order chi connectivity index (χ1) is 13.9. The Morgan fingerprint density at radius 2 is 1.83 bits per heavy atom. The van der Waals surface area contributed by atoms with Gasteiger partial charge in [-0.2, -0.15) is 0 Å². The lowest BCUT2D eigenvalue weighted by molar-refractivity contribution is -0.137. The minimum absolute atomic E-state index is 0.119. The largest absolute Gasteiger partial charge is 0.480 e. The van der Waals surface area contributed by atoms with Gasteiger partial charge in [-0.25, -0.2) is 0 Å². The summed E-state index contributed by atoms with van der Waals surface area (Å²) in [5.41, 5.74) is 0.595. The Morgan fingerprint density at radius 1 is 1.00 bits per heavy atom. The van der Waals surface area contributed by atoms with E-state index >= 15 is 0 Å². The number of carboxylic acids is 1. The van der Waals surface area contributed by atoms with Gasteiger partial charge in [-0.15, -0.1) is 0 Å². The van der Waals surface area contributed by atoms with Crippen molar-refractivity contribution in [3.63, 3.8) is 0 Å². The van der Waals surface area contributed by atoms with Gasteiger partial charge in [0.05, 0.1) is 0 Å². The smallest absolute Gasteiger partial charge is 0.322 e. The van der Waals surface area contributed by atoms with E-state index in [0.717, 1.165) is 42.4 Å². The fourth-order valence-corrected chi connectivity index (χ4v) is 7.29. The highest BCUT2D eigenvalue weighted by atomic mass is 16.4. The first-order valence-electron chi connectivity index (χ1n) is 12.4. The van der Waals surface area contributed by atoms with Crippen molar-refractivity contribution in [2.45, 2.75) is 104 Å². The minimum Gasteiger partial charge on any atom is -0.480 e. The van der Waals surface area contributed by atoms with Gasteiger partial charge >= 0.3 is 5.97 Å². The fourth-order valence-electron chi connectivity index (χ4n) is 7.29. The van der Waals surface area contributed by atoms with E-state index < -0.39 is 5.97 Å². The molecule has 0 aromatic heterocycles. The molecule has 3 fully saturated rings. The molecule has 3 aliphatic rings. The van der Waals surface area contributed by atoms with E-state index in [2.05, 4.69) is 19.2 Å². The summed E-state index contributed by atoms with van der Waals surface area (Å²) in [6.07, 6.45) is 17.9. The topological polar surface area (TPSA) is 66.4 Å². The second-order valence-electron chi connectivity index (χ2n) is 10.7. The van der Waals surface area contributed by atoms with Gasteiger partial charge in [0.15, 0.2) is 0 Å². The normalized spacial score (nSPS) is 37.9. The van der Waals surface area contributed by atoms with E-state index in [-0.39, 0.29) is 12.5 Å². The highest BCUT2D eigenvalue weighted by molar-refractivity contribution is 5.80. The zero-order chi connectivity index (χ0) is 20.9. The molecule has 2 N–H and O–H groups in total. The van der Waals surface area contributed by atoms with Crippen molar-refractivity contribution in [3.8, 4) is 0 Å². The molecule has 0 aromatic rings. The number of carbonyl (C=O) groups is 2. The number of carboxylic acid groups (broad SMARTS) is 1. The molecule has 0 saturated heterocycles. The van der Waals surface area contributed by atoms with Crippen LogP contribution in [-0.4, -0.2) is 23.5 Å². The SMILES string of the molecule is CC1CCC(CCCC(=O)NCC(=O)O)CCCC2C1CCC1CCCCC12C. The lowest BCUT2D eigenvalue weighted by atomic mass is 9.50. The van der Waals surface area contributed by atoms with Crippen molar-refractivity contribution >= 4 is 11.9 Å². The van der Waals surface area contributed by atoms with E-state index in [1.807, 2.05) is 0 Å². The molecule has 3 rings (SSSR count). The average Bonchev–Trinajstić information content (AvgIpc) is 2.76. The molecule has 0 aromatic carbocycles. The van der Waals surface area contributed by atoms with Crippen molar-refractivity contribution in [1.82, 2.24) is 5.32 Å². The molecular formula is C25H43NO3. The van der Waals surface area contributed by atoms with Crippen LogP contribution in [0, 0.1) is 35.0 Å².